The summed E-state index contributed by atoms with van der Waals surface area (Å²) in [5.41, 5.74) is 15.4. The molecule has 68 heavy (non-hydrogen) atoms. The van der Waals surface area contributed by atoms with Gasteiger partial charge in [0.2, 0.25) is 0 Å². The van der Waals surface area contributed by atoms with Crippen molar-refractivity contribution >= 4 is 12.6 Å². The molecule has 6 heteroatoms. The number of pyridine rings is 2. The molecule has 1 radical (unpaired) electrons. The van der Waals surface area contributed by atoms with Gasteiger partial charge in [0.15, 0.2) is 0 Å². The van der Waals surface area contributed by atoms with Crippen LogP contribution < -0.4 is 5.46 Å². The van der Waals surface area contributed by atoms with Crippen LogP contribution in [0.2, 0.25) is 0 Å². The van der Waals surface area contributed by atoms with Crippen LogP contribution in [0.4, 0.5) is 0 Å². The van der Waals surface area contributed by atoms with Gasteiger partial charge in [-0.3, -0.25) is 0 Å². The first kappa shape index (κ1) is 47.3. The molecule has 1 saturated heterocycles. The molecule has 4 nitrogen and oxygen atoms in total. The van der Waals surface area contributed by atoms with E-state index in [0.29, 0.717) is 11.3 Å². The van der Waals surface area contributed by atoms with Crippen molar-refractivity contribution in [3.8, 4) is 55.9 Å². The summed E-state index contributed by atoms with van der Waals surface area (Å²) < 4.78 is 12.9. The van der Waals surface area contributed by atoms with Crippen molar-refractivity contribution in [3.63, 3.8) is 0 Å². The third kappa shape index (κ3) is 10.6. The number of benzene rings is 6. The average Bonchev–Trinajstić information content (AvgIpc) is 3.76. The number of unbranched alkanes of at least 4 members (excludes halogenated alkanes) is 3. The third-order valence-electron chi connectivity index (χ3n) is 14.8. The topological polar surface area (TPSA) is 44.2 Å². The third-order valence-corrected chi connectivity index (χ3v) is 14.8. The summed E-state index contributed by atoms with van der Waals surface area (Å²) in [5, 5.41) is 0. The van der Waals surface area contributed by atoms with Gasteiger partial charge < -0.3 is 19.3 Å². The molecule has 2 bridgehead atoms. The van der Waals surface area contributed by atoms with Gasteiger partial charge >= 0.3 is 7.12 Å². The number of hydrogen-bond donors (Lipinski definition) is 0. The number of nitrogens with zero attached hydrogens (tertiary/aromatic N) is 2. The number of rotatable bonds is 13. The van der Waals surface area contributed by atoms with Gasteiger partial charge in [0.05, 0.1) is 11.7 Å². The van der Waals surface area contributed by atoms with Gasteiger partial charge in [0, 0.05) is 32.5 Å². The Morgan fingerprint density at radius 1 is 0.544 bits per heavy atom. The van der Waals surface area contributed by atoms with Crippen molar-refractivity contribution in [1.82, 2.24) is 9.97 Å². The fraction of sp³-hybridized carbons (Fsp3) is 0.258. The largest absolute Gasteiger partial charge is 0.475 e. The van der Waals surface area contributed by atoms with Crippen molar-refractivity contribution in [2.24, 2.45) is 17.3 Å². The molecule has 8 aromatic rings. The van der Waals surface area contributed by atoms with Crippen LogP contribution in [0.5, 0.6) is 0 Å². The van der Waals surface area contributed by atoms with Gasteiger partial charge in [-0.05, 0) is 137 Å². The van der Waals surface area contributed by atoms with E-state index in [1.165, 1.54) is 83.0 Å². The van der Waals surface area contributed by atoms with Crippen LogP contribution in [0.25, 0.3) is 55.9 Å². The summed E-state index contributed by atoms with van der Waals surface area (Å²) in [5.74, 6) is 1.36. The first-order valence-electron chi connectivity index (χ1n) is 24.3. The molecule has 3 heterocycles. The minimum Gasteiger partial charge on any atom is -0.402 e. The normalized spacial score (nSPS) is 19.7. The van der Waals surface area contributed by atoms with Crippen LogP contribution in [0.15, 0.2) is 188 Å². The number of aromatic nitrogens is 2. The van der Waals surface area contributed by atoms with Crippen molar-refractivity contribution in [1.29, 1.82) is 0 Å². The van der Waals surface area contributed by atoms with Gasteiger partial charge in [0.25, 0.3) is 0 Å². The molecule has 12 rings (SSSR count). The second-order valence-electron chi connectivity index (χ2n) is 19.6. The minimum atomic E-state index is -0.290. The molecule has 6 aromatic carbocycles. The van der Waals surface area contributed by atoms with Crippen LogP contribution in [-0.4, -0.2) is 28.8 Å². The van der Waals surface area contributed by atoms with Crippen LogP contribution in [-0.2, 0) is 42.3 Å². The first-order valence-corrected chi connectivity index (χ1v) is 24.3. The van der Waals surface area contributed by atoms with Crippen LogP contribution in [0, 0.1) is 29.4 Å². The Labute approximate surface area is 418 Å². The Morgan fingerprint density at radius 2 is 1.07 bits per heavy atom. The molecular weight excluding hydrogens is 1010 g/mol. The molecule has 4 aliphatic rings. The van der Waals surface area contributed by atoms with Gasteiger partial charge in [0.1, 0.15) is 0 Å². The van der Waals surface area contributed by atoms with E-state index in [4.69, 9.17) is 9.31 Å². The zero-order valence-electron chi connectivity index (χ0n) is 39.4. The Hall–Kier alpha value is -5.75. The van der Waals surface area contributed by atoms with E-state index in [1.807, 2.05) is 67.0 Å². The quantitative estimate of drug-likeness (QED) is 0.0656. The maximum absolute atomic E-state index is 6.47. The summed E-state index contributed by atoms with van der Waals surface area (Å²) in [7, 11) is -0.290. The van der Waals surface area contributed by atoms with E-state index >= 15 is 0 Å². The van der Waals surface area contributed by atoms with Gasteiger partial charge in [-0.2, -0.15) is 0 Å². The maximum Gasteiger partial charge on any atom is 0.475 e. The zero-order chi connectivity index (χ0) is 45.6. The van der Waals surface area contributed by atoms with E-state index in [9.17, 15) is 0 Å². The first-order chi connectivity index (χ1) is 32.8. The second-order valence-corrected chi connectivity index (χ2v) is 19.6. The average molecular weight is 1070 g/mol. The standard InChI is InChI=1S/C41H36N.C21H23BNO2.Ir/c1(4-14-32-15-6-3-7-16-32)2-5-17-33-18-10-19-34(28-33)35-20-11-21-36(29-35)37-22-12-23-38(30-37)39-24-13-25-40(31-39)41-26-8-9-27-42-41;1-20(2)15-12-17(20)19-21(3,13-15)25-22(24-19)16-8-6-7-14(11-16)18-9-4-5-10-23-18;/h3,6-13,15-16,18-24,26-31H,1-2,4-5,14,17H2;4-6,8-11,15,17,19H,12-13H2,1-3H3;/q2*-1;/t;15-,17?,19-,21+;/m.1./s1. The number of hydrogen-bond acceptors (Lipinski definition) is 4. The fourth-order valence-corrected chi connectivity index (χ4v) is 10.8. The van der Waals surface area contributed by atoms with Crippen molar-refractivity contribution in [2.45, 2.75) is 83.8 Å². The van der Waals surface area contributed by atoms with Crippen LogP contribution >= 0.6 is 0 Å². The Kier molecular flexibility index (Phi) is 14.8. The molecule has 3 saturated carbocycles. The Morgan fingerprint density at radius 3 is 1.68 bits per heavy atom. The van der Waals surface area contributed by atoms with Gasteiger partial charge in [-0.15, -0.1) is 70.7 Å². The molecule has 2 aromatic heterocycles. The van der Waals surface area contributed by atoms with Gasteiger partial charge in [-0.1, -0.05) is 142 Å². The smallest absolute Gasteiger partial charge is 0.402 e. The summed E-state index contributed by atoms with van der Waals surface area (Å²) in [4.78, 5) is 8.93. The van der Waals surface area contributed by atoms with Crippen molar-refractivity contribution in [3.05, 3.63) is 212 Å². The molecule has 3 aliphatic carbocycles. The fourth-order valence-electron chi connectivity index (χ4n) is 10.8. The van der Waals surface area contributed by atoms with E-state index in [1.54, 1.807) is 0 Å². The van der Waals surface area contributed by atoms with Crippen molar-refractivity contribution < 1.29 is 29.4 Å². The molecular formula is C62H59BIrN2O2-2. The monoisotopic (exact) mass is 1070 g/mol. The summed E-state index contributed by atoms with van der Waals surface area (Å²) in [6.07, 6.45) is 13.6. The summed E-state index contributed by atoms with van der Waals surface area (Å²) >= 11 is 0. The van der Waals surface area contributed by atoms with E-state index < -0.39 is 0 Å². The maximum atomic E-state index is 6.47. The predicted molar refractivity (Wildman–Crippen MR) is 275 cm³/mol. The van der Waals surface area contributed by atoms with Crippen LogP contribution in [0.1, 0.15) is 70.4 Å². The predicted octanol–water partition coefficient (Wildman–Crippen LogP) is 14.4. The van der Waals surface area contributed by atoms with E-state index in [0.717, 1.165) is 46.7 Å². The molecule has 0 N–H and O–H groups in total. The molecule has 1 unspecified atom stereocenters. The van der Waals surface area contributed by atoms with E-state index in [2.05, 4.69) is 164 Å². The molecule has 0 spiro atoms. The second kappa shape index (κ2) is 21.3. The Balaban J connectivity index is 0.000000189. The summed E-state index contributed by atoms with van der Waals surface area (Å²) in [6, 6.07) is 68.6. The molecule has 0 amide bonds. The number of aryl methyl sites for hydroxylation is 2. The summed E-state index contributed by atoms with van der Waals surface area (Å²) in [6.45, 7) is 7.01. The van der Waals surface area contributed by atoms with E-state index in [-0.39, 0.29) is 38.9 Å². The minimum absolute atomic E-state index is 0. The van der Waals surface area contributed by atoms with Crippen LogP contribution in [0.3, 0.4) is 0 Å². The molecule has 4 atom stereocenters. The zero-order valence-corrected chi connectivity index (χ0v) is 41.8. The SMILES string of the molecule is CC1(C)C2C[C@@H]1C[C@]1(C)OB(c3cc[c-]c(-c4ccccn4)c3)O[C@H]21.[Ir].[c-]1ccc(-c2cccc(-c3cccc(-c4cccc(CCCCCCc5ccccc5)c4)c3)c2)cc1-c1ccccn1. The van der Waals surface area contributed by atoms with Gasteiger partial charge in [-0.25, -0.2) is 0 Å². The Bertz CT molecular complexity index is 2910. The molecule has 343 valence electrons. The molecule has 4 fully saturated rings. The molecule has 1 aliphatic heterocycles. The van der Waals surface area contributed by atoms with Crippen molar-refractivity contribution in [2.75, 3.05) is 0 Å².